The molecular weight excluding hydrogens is 604 g/mol. The number of carbonyl (C=O) groups is 1. The largest absolute Gasteiger partial charge is 0.455 e. The van der Waals surface area contributed by atoms with E-state index in [9.17, 15) is 30.3 Å². The Bertz CT molecular complexity index is 1390. The topological polar surface area (TPSA) is 155 Å². The lowest BCUT2D eigenvalue weighted by molar-refractivity contribution is -0.440. The van der Waals surface area contributed by atoms with Crippen molar-refractivity contribution >= 4 is 5.97 Å². The highest BCUT2D eigenvalue weighted by Crippen LogP contribution is 2.72. The zero-order chi connectivity index (χ0) is 33.7. The zero-order valence-corrected chi connectivity index (χ0v) is 28.0. The Hall–Kier alpha value is -1.89. The molecule has 5 N–H and O–H groups in total. The Balaban J connectivity index is 1.49. The average molecular weight is 657 g/mol. The number of hydrogen-bond donors (Lipinski definition) is 5. The van der Waals surface area contributed by atoms with Crippen molar-refractivity contribution in [3.8, 4) is 0 Å². The molecule has 2 spiro atoms. The normalized spacial score (nSPS) is 52.1. The van der Waals surface area contributed by atoms with Crippen LogP contribution in [-0.2, 0) is 18.9 Å². The molecule has 6 aliphatic rings. The quantitative estimate of drug-likeness (QED) is 0.240. The fraction of sp³-hybridized carbons (Fsp3) is 0.757. The van der Waals surface area contributed by atoms with Gasteiger partial charge in [-0.2, -0.15) is 0 Å². The minimum atomic E-state index is -2.63. The monoisotopic (exact) mass is 656 g/mol. The number of rotatable bonds is 4. The molecule has 0 radical (unpaired) electrons. The first-order chi connectivity index (χ1) is 22.2. The van der Waals surface area contributed by atoms with E-state index < -0.39 is 89.0 Å². The summed E-state index contributed by atoms with van der Waals surface area (Å²) >= 11 is 0. The van der Waals surface area contributed by atoms with Crippen LogP contribution >= 0.6 is 0 Å². The summed E-state index contributed by atoms with van der Waals surface area (Å²) in [6.07, 6.45) is 0.303. The molecule has 0 amide bonds. The molecule has 6 fully saturated rings. The molecule has 47 heavy (non-hydrogen) atoms. The Morgan fingerprint density at radius 3 is 2.38 bits per heavy atom. The van der Waals surface area contributed by atoms with E-state index in [1.54, 1.807) is 30.3 Å². The molecular formula is C37H52O10. The van der Waals surface area contributed by atoms with Crippen LogP contribution in [0.3, 0.4) is 0 Å². The molecule has 1 aromatic rings. The van der Waals surface area contributed by atoms with Gasteiger partial charge in [0.15, 0.2) is 0 Å². The van der Waals surface area contributed by atoms with Crippen LogP contribution in [0.4, 0.5) is 0 Å². The number of benzene rings is 1. The van der Waals surface area contributed by atoms with Gasteiger partial charge in [0.25, 0.3) is 5.97 Å². The molecule has 3 bridgehead atoms. The van der Waals surface area contributed by atoms with E-state index in [-0.39, 0.29) is 17.4 Å². The molecule has 0 aromatic heterocycles. The van der Waals surface area contributed by atoms with Gasteiger partial charge in [0.1, 0.15) is 35.1 Å². The maximum Gasteiger partial charge on any atom is 0.338 e. The second kappa shape index (κ2) is 11.3. The SMILES string of the molecule is C=C(C)[C@]12C[C@@H](C)[C@@]34OC5(CCCCCCC[C@H](C)[C@H]6[C@H](C)[C@H](OC(=O)c7ccccc7)[C@@](O)([C@H](O)[C@@](O)(CO)[C@@H](O)[C@H]3[C@H]1O5)[C@@H]64)O2. The predicted octanol–water partition coefficient (Wildman–Crippen LogP) is 3.47. The van der Waals surface area contributed by atoms with E-state index in [0.717, 1.165) is 38.5 Å². The molecule has 3 aliphatic carbocycles. The lowest BCUT2D eigenvalue weighted by atomic mass is 9.51. The van der Waals surface area contributed by atoms with E-state index in [1.165, 1.54) is 0 Å². The Labute approximate surface area is 277 Å². The summed E-state index contributed by atoms with van der Waals surface area (Å²) in [6.45, 7) is 11.2. The maximum atomic E-state index is 13.7. The van der Waals surface area contributed by atoms with E-state index in [2.05, 4.69) is 13.5 Å². The number of ether oxygens (including phenoxy) is 4. The van der Waals surface area contributed by atoms with E-state index in [1.807, 2.05) is 20.8 Å². The molecule has 3 aliphatic heterocycles. The van der Waals surface area contributed by atoms with Crippen molar-refractivity contribution < 1.29 is 49.3 Å². The molecule has 260 valence electrons. The standard InChI is InChI=1S/C37H52O10/c1-20(2)34-18-22(4)37-26-28(39)33(42,19-38)32(41)36(43)27(37)25(23(5)29(36)44-31(40)24-15-11-9-12-16-24)21(3)14-10-7-6-8-13-17-35(46-34,47-37)45-30(26)34/h9,11-12,15-16,21-23,25-30,32,38-39,41-43H,1,6-8,10,13-14,17-19H2,2-5H3/t21-,22+,23-,25-,26-,27+,28-,29-,30+,32+,33+,34+,35?,36+,37+/m0/s1. The third kappa shape index (κ3) is 4.35. The summed E-state index contributed by atoms with van der Waals surface area (Å²) in [4.78, 5) is 13.7. The fourth-order valence-electron chi connectivity index (χ4n) is 11.3. The number of carbonyl (C=O) groups excluding carboxylic acids is 1. The van der Waals surface area contributed by atoms with Crippen LogP contribution in [0.15, 0.2) is 42.5 Å². The minimum absolute atomic E-state index is 0.0246. The summed E-state index contributed by atoms with van der Waals surface area (Å²) in [5.41, 5.74) is -6.49. The van der Waals surface area contributed by atoms with E-state index >= 15 is 0 Å². The van der Waals surface area contributed by atoms with Crippen LogP contribution in [0, 0.1) is 35.5 Å². The molecule has 1 unspecified atom stereocenters. The summed E-state index contributed by atoms with van der Waals surface area (Å²) in [7, 11) is 0. The van der Waals surface area contributed by atoms with Gasteiger partial charge in [0, 0.05) is 18.3 Å². The first-order valence-electron chi connectivity index (χ1n) is 17.7. The number of esters is 1. The number of aliphatic hydroxyl groups excluding tert-OH is 3. The molecule has 10 heteroatoms. The third-order valence-electron chi connectivity index (χ3n) is 13.4. The van der Waals surface area contributed by atoms with E-state index in [4.69, 9.17) is 18.9 Å². The van der Waals surface area contributed by atoms with Crippen molar-refractivity contribution in [1.82, 2.24) is 0 Å². The van der Waals surface area contributed by atoms with Crippen molar-refractivity contribution in [2.45, 2.75) is 132 Å². The second-order valence-electron chi connectivity index (χ2n) is 15.9. The van der Waals surface area contributed by atoms with Gasteiger partial charge in [-0.05, 0) is 61.1 Å². The smallest absolute Gasteiger partial charge is 0.338 e. The summed E-state index contributed by atoms with van der Waals surface area (Å²) in [5, 5.41) is 61.3. The fourth-order valence-corrected chi connectivity index (χ4v) is 11.3. The van der Waals surface area contributed by atoms with Crippen LogP contribution in [0.5, 0.6) is 0 Å². The van der Waals surface area contributed by atoms with Gasteiger partial charge < -0.3 is 44.5 Å². The van der Waals surface area contributed by atoms with Crippen molar-refractivity contribution in [1.29, 1.82) is 0 Å². The van der Waals surface area contributed by atoms with Gasteiger partial charge in [-0.1, -0.05) is 77.7 Å². The third-order valence-corrected chi connectivity index (χ3v) is 13.4. The van der Waals surface area contributed by atoms with Gasteiger partial charge in [-0.15, -0.1) is 0 Å². The van der Waals surface area contributed by atoms with Gasteiger partial charge >= 0.3 is 5.97 Å². The Kier molecular flexibility index (Phi) is 8.09. The molecule has 3 heterocycles. The first-order valence-corrected chi connectivity index (χ1v) is 17.7. The number of hydrogen-bond acceptors (Lipinski definition) is 10. The summed E-state index contributed by atoms with van der Waals surface area (Å²) in [6, 6.07) is 8.46. The van der Waals surface area contributed by atoms with Crippen molar-refractivity contribution in [2.24, 2.45) is 35.5 Å². The molecule has 1 aromatic carbocycles. The highest BCUT2D eigenvalue weighted by atomic mass is 16.9. The molecule has 15 atom stereocenters. The van der Waals surface area contributed by atoms with Gasteiger partial charge in [-0.25, -0.2) is 4.79 Å². The minimum Gasteiger partial charge on any atom is -0.455 e. The van der Waals surface area contributed by atoms with Gasteiger partial charge in [0.05, 0.1) is 23.9 Å². The zero-order valence-electron chi connectivity index (χ0n) is 28.0. The highest BCUT2D eigenvalue weighted by Gasteiger charge is 2.86. The Morgan fingerprint density at radius 2 is 1.70 bits per heavy atom. The maximum absolute atomic E-state index is 13.7. The van der Waals surface area contributed by atoms with Crippen molar-refractivity contribution in [3.63, 3.8) is 0 Å². The average Bonchev–Trinajstić information content (AvgIpc) is 3.39. The van der Waals surface area contributed by atoms with Crippen LogP contribution < -0.4 is 0 Å². The predicted molar refractivity (Wildman–Crippen MR) is 170 cm³/mol. The summed E-state index contributed by atoms with van der Waals surface area (Å²) < 4.78 is 27.2. The first kappa shape index (κ1) is 33.6. The van der Waals surface area contributed by atoms with Crippen LogP contribution in [0.25, 0.3) is 0 Å². The van der Waals surface area contributed by atoms with Crippen molar-refractivity contribution in [3.05, 3.63) is 48.0 Å². The van der Waals surface area contributed by atoms with Crippen LogP contribution in [0.1, 0.15) is 89.4 Å². The molecule has 7 rings (SSSR count). The number of aliphatic hydroxyl groups is 5. The molecule has 3 saturated carbocycles. The second-order valence-corrected chi connectivity index (χ2v) is 15.9. The Morgan fingerprint density at radius 1 is 1.02 bits per heavy atom. The van der Waals surface area contributed by atoms with Crippen molar-refractivity contribution in [2.75, 3.05) is 6.61 Å². The lowest BCUT2D eigenvalue weighted by Gasteiger charge is -2.62. The summed E-state index contributed by atoms with van der Waals surface area (Å²) in [5.74, 6) is -5.49. The van der Waals surface area contributed by atoms with Crippen LogP contribution in [-0.4, -0.2) is 90.9 Å². The van der Waals surface area contributed by atoms with Gasteiger partial charge in [0.2, 0.25) is 0 Å². The molecule has 3 saturated heterocycles. The highest BCUT2D eigenvalue weighted by molar-refractivity contribution is 5.89. The van der Waals surface area contributed by atoms with Gasteiger partial charge in [-0.3, -0.25) is 0 Å². The lowest BCUT2D eigenvalue weighted by Crippen LogP contribution is -2.74. The van der Waals surface area contributed by atoms with Crippen LogP contribution in [0.2, 0.25) is 0 Å². The van der Waals surface area contributed by atoms with E-state index in [0.29, 0.717) is 18.4 Å². The molecule has 10 nitrogen and oxygen atoms in total.